The molecular formula is C15H22N2O3S. The molecule has 2 atom stereocenters. The molecule has 0 aromatic heterocycles. The monoisotopic (exact) mass is 310 g/mol. The van der Waals surface area contributed by atoms with Gasteiger partial charge in [-0.3, -0.25) is 0 Å². The van der Waals surface area contributed by atoms with Crippen molar-refractivity contribution >= 4 is 15.7 Å². The summed E-state index contributed by atoms with van der Waals surface area (Å²) in [4.78, 5) is 0.353. The maximum atomic E-state index is 12.5. The number of aryl methyl sites for hydroxylation is 1. The lowest BCUT2D eigenvalue weighted by Gasteiger charge is -2.21. The van der Waals surface area contributed by atoms with E-state index in [0.717, 1.165) is 49.9 Å². The molecule has 0 spiro atoms. The number of anilines is 1. The summed E-state index contributed by atoms with van der Waals surface area (Å²) in [5.41, 5.74) is 2.13. The van der Waals surface area contributed by atoms with Gasteiger partial charge in [-0.05, 0) is 55.9 Å². The Bertz CT molecular complexity index is 615. The van der Waals surface area contributed by atoms with Gasteiger partial charge in [-0.25, -0.2) is 13.1 Å². The lowest BCUT2D eigenvalue weighted by Crippen LogP contribution is -2.40. The molecule has 1 aliphatic carbocycles. The van der Waals surface area contributed by atoms with E-state index in [9.17, 15) is 8.42 Å². The Morgan fingerprint density at radius 1 is 1.29 bits per heavy atom. The van der Waals surface area contributed by atoms with Gasteiger partial charge in [0.1, 0.15) is 0 Å². The van der Waals surface area contributed by atoms with Crippen molar-refractivity contribution in [2.24, 2.45) is 0 Å². The Hall–Kier alpha value is -1.11. The van der Waals surface area contributed by atoms with Crippen LogP contribution in [0.5, 0.6) is 0 Å². The highest BCUT2D eigenvalue weighted by Gasteiger charge is 2.31. The second-order valence-electron chi connectivity index (χ2n) is 5.78. The first-order chi connectivity index (χ1) is 10.1. The van der Waals surface area contributed by atoms with Crippen LogP contribution in [0.15, 0.2) is 23.1 Å². The number of methoxy groups -OCH3 is 1. The van der Waals surface area contributed by atoms with Crippen molar-refractivity contribution in [3.8, 4) is 0 Å². The minimum absolute atomic E-state index is 0.0148. The van der Waals surface area contributed by atoms with Gasteiger partial charge in [0.15, 0.2) is 0 Å². The number of fused-ring (bicyclic) bond motifs is 1. The lowest BCUT2D eigenvalue weighted by atomic mass is 10.0. The van der Waals surface area contributed by atoms with Crippen LogP contribution in [0.1, 0.15) is 31.2 Å². The SMILES string of the molecule is COC1CCCC1NS(=O)(=O)c1ccc2c(c1)CCCN2. The third-order valence-corrected chi connectivity index (χ3v) is 5.87. The molecule has 1 saturated carbocycles. The molecule has 6 heteroatoms. The molecule has 2 N–H and O–H groups in total. The minimum Gasteiger partial charge on any atom is -0.385 e. The molecule has 1 fully saturated rings. The number of hydrogen-bond acceptors (Lipinski definition) is 4. The topological polar surface area (TPSA) is 67.4 Å². The van der Waals surface area contributed by atoms with E-state index in [1.165, 1.54) is 0 Å². The zero-order valence-electron chi connectivity index (χ0n) is 12.3. The van der Waals surface area contributed by atoms with Crippen LogP contribution in [0.4, 0.5) is 5.69 Å². The smallest absolute Gasteiger partial charge is 0.240 e. The zero-order chi connectivity index (χ0) is 14.9. The highest BCUT2D eigenvalue weighted by Crippen LogP contribution is 2.27. The summed E-state index contributed by atoms with van der Waals surface area (Å²) in [5, 5.41) is 3.30. The predicted octanol–water partition coefficient (Wildman–Crippen LogP) is 1.89. The van der Waals surface area contributed by atoms with E-state index in [4.69, 9.17) is 4.74 Å². The van der Waals surface area contributed by atoms with E-state index in [2.05, 4.69) is 10.0 Å². The molecule has 2 unspecified atom stereocenters. The molecule has 116 valence electrons. The summed E-state index contributed by atoms with van der Waals surface area (Å²) in [6.45, 7) is 0.953. The fourth-order valence-electron chi connectivity index (χ4n) is 3.23. The van der Waals surface area contributed by atoms with Crippen LogP contribution in [0.3, 0.4) is 0 Å². The number of nitrogens with one attached hydrogen (secondary N) is 2. The largest absolute Gasteiger partial charge is 0.385 e. The predicted molar refractivity (Wildman–Crippen MR) is 82.0 cm³/mol. The van der Waals surface area contributed by atoms with Crippen LogP contribution in [0.25, 0.3) is 0 Å². The fourth-order valence-corrected chi connectivity index (χ4v) is 4.58. The molecule has 0 radical (unpaired) electrons. The van der Waals surface area contributed by atoms with Crippen molar-refractivity contribution in [1.29, 1.82) is 0 Å². The first kappa shape index (κ1) is 14.8. The van der Waals surface area contributed by atoms with Crippen LogP contribution < -0.4 is 10.0 Å². The average molecular weight is 310 g/mol. The summed E-state index contributed by atoms with van der Waals surface area (Å²) >= 11 is 0. The number of sulfonamides is 1. The van der Waals surface area contributed by atoms with Crippen LogP contribution in [-0.4, -0.2) is 34.2 Å². The van der Waals surface area contributed by atoms with Gasteiger partial charge in [0, 0.05) is 25.4 Å². The second kappa shape index (κ2) is 5.94. The van der Waals surface area contributed by atoms with Gasteiger partial charge in [-0.15, -0.1) is 0 Å². The van der Waals surface area contributed by atoms with Gasteiger partial charge in [0.2, 0.25) is 10.0 Å². The number of hydrogen-bond donors (Lipinski definition) is 2. The highest BCUT2D eigenvalue weighted by atomic mass is 32.2. The first-order valence-electron chi connectivity index (χ1n) is 7.52. The van der Waals surface area contributed by atoms with Crippen molar-refractivity contribution in [3.63, 3.8) is 0 Å². The highest BCUT2D eigenvalue weighted by molar-refractivity contribution is 7.89. The van der Waals surface area contributed by atoms with Gasteiger partial charge >= 0.3 is 0 Å². The summed E-state index contributed by atoms with van der Waals surface area (Å²) in [6.07, 6.45) is 4.70. The fraction of sp³-hybridized carbons (Fsp3) is 0.600. The number of benzene rings is 1. The quantitative estimate of drug-likeness (QED) is 0.891. The van der Waals surface area contributed by atoms with Gasteiger partial charge in [-0.2, -0.15) is 0 Å². The Morgan fingerprint density at radius 2 is 2.14 bits per heavy atom. The number of ether oxygens (including phenoxy) is 1. The van der Waals surface area contributed by atoms with E-state index < -0.39 is 10.0 Å². The van der Waals surface area contributed by atoms with Gasteiger partial charge in [0.25, 0.3) is 0 Å². The third kappa shape index (κ3) is 3.07. The molecule has 1 aromatic rings. The standard InChI is InChI=1S/C15H22N2O3S/c1-20-15-6-2-5-14(15)17-21(18,19)12-7-8-13-11(10-12)4-3-9-16-13/h7-8,10,14-17H,2-6,9H2,1H3. The van der Waals surface area contributed by atoms with Crippen LogP contribution in [0, 0.1) is 0 Å². The maximum absolute atomic E-state index is 12.5. The van der Waals surface area contributed by atoms with Gasteiger partial charge < -0.3 is 10.1 Å². The van der Waals surface area contributed by atoms with Crippen LogP contribution in [0.2, 0.25) is 0 Å². The number of rotatable bonds is 4. The zero-order valence-corrected chi connectivity index (χ0v) is 13.1. The average Bonchev–Trinajstić information content (AvgIpc) is 2.93. The molecule has 1 heterocycles. The normalized spacial score (nSPS) is 25.4. The molecular weight excluding hydrogens is 288 g/mol. The van der Waals surface area contributed by atoms with E-state index >= 15 is 0 Å². The van der Waals surface area contributed by atoms with Crippen molar-refractivity contribution in [2.75, 3.05) is 19.0 Å². The van der Waals surface area contributed by atoms with E-state index in [1.54, 1.807) is 19.2 Å². The molecule has 1 aliphatic heterocycles. The molecule has 2 aliphatic rings. The lowest BCUT2D eigenvalue weighted by molar-refractivity contribution is 0.0916. The first-order valence-corrected chi connectivity index (χ1v) is 9.00. The third-order valence-electron chi connectivity index (χ3n) is 4.39. The summed E-state index contributed by atoms with van der Waals surface area (Å²) in [7, 11) is -1.84. The van der Waals surface area contributed by atoms with Crippen molar-refractivity contribution in [2.45, 2.75) is 49.1 Å². The van der Waals surface area contributed by atoms with Crippen LogP contribution >= 0.6 is 0 Å². The maximum Gasteiger partial charge on any atom is 0.240 e. The Morgan fingerprint density at radius 3 is 2.95 bits per heavy atom. The Kier molecular flexibility index (Phi) is 4.19. The van der Waals surface area contributed by atoms with Crippen molar-refractivity contribution < 1.29 is 13.2 Å². The van der Waals surface area contributed by atoms with Crippen molar-refractivity contribution in [3.05, 3.63) is 23.8 Å². The van der Waals surface area contributed by atoms with E-state index in [0.29, 0.717) is 4.90 Å². The minimum atomic E-state index is -3.48. The summed E-state index contributed by atoms with van der Waals surface area (Å²) < 4.78 is 33.3. The van der Waals surface area contributed by atoms with E-state index in [-0.39, 0.29) is 12.1 Å². The molecule has 5 nitrogen and oxygen atoms in total. The molecule has 1 aromatic carbocycles. The second-order valence-corrected chi connectivity index (χ2v) is 7.50. The molecule has 0 amide bonds. The van der Waals surface area contributed by atoms with E-state index in [1.807, 2.05) is 6.07 Å². The molecule has 21 heavy (non-hydrogen) atoms. The molecule has 3 rings (SSSR count). The molecule has 0 bridgehead atoms. The Labute approximate surface area is 126 Å². The van der Waals surface area contributed by atoms with Gasteiger partial charge in [-0.1, -0.05) is 0 Å². The Balaban J connectivity index is 1.81. The summed E-state index contributed by atoms with van der Waals surface area (Å²) in [5.74, 6) is 0. The van der Waals surface area contributed by atoms with Crippen molar-refractivity contribution in [1.82, 2.24) is 4.72 Å². The van der Waals surface area contributed by atoms with Gasteiger partial charge in [0.05, 0.1) is 11.0 Å². The summed E-state index contributed by atoms with van der Waals surface area (Å²) in [6, 6.07) is 5.22. The molecule has 0 saturated heterocycles. The van der Waals surface area contributed by atoms with Crippen LogP contribution in [-0.2, 0) is 21.2 Å².